The summed E-state index contributed by atoms with van der Waals surface area (Å²) < 4.78 is 1.90. The minimum absolute atomic E-state index is 0. The molecule has 3 aromatic rings. The highest BCUT2D eigenvalue weighted by Gasteiger charge is 2.09. The largest absolute Gasteiger partial charge is 0.357 e. The van der Waals surface area contributed by atoms with E-state index in [0.29, 0.717) is 13.1 Å². The normalized spacial score (nSPS) is 11.2. The first-order chi connectivity index (χ1) is 13.1. The van der Waals surface area contributed by atoms with Crippen molar-refractivity contribution in [3.63, 3.8) is 0 Å². The Balaban J connectivity index is 0.00000280. The molecular weight excluding hydrogens is 483 g/mol. The maximum atomic E-state index is 4.72. The molecule has 0 spiro atoms. The summed E-state index contributed by atoms with van der Waals surface area (Å²) in [6.45, 7) is 8.23. The second-order valence-electron chi connectivity index (χ2n) is 6.31. The van der Waals surface area contributed by atoms with Gasteiger partial charge in [0.15, 0.2) is 5.96 Å². The van der Waals surface area contributed by atoms with Gasteiger partial charge in [-0.3, -0.25) is 4.68 Å². The van der Waals surface area contributed by atoms with Crippen molar-refractivity contribution in [2.45, 2.75) is 33.9 Å². The zero-order valence-electron chi connectivity index (χ0n) is 16.7. The van der Waals surface area contributed by atoms with Crippen molar-refractivity contribution in [1.29, 1.82) is 0 Å². The summed E-state index contributed by atoms with van der Waals surface area (Å²) in [6.07, 6.45) is 0. The number of guanidine groups is 1. The summed E-state index contributed by atoms with van der Waals surface area (Å²) in [5, 5.41) is 14.3. The number of aromatic nitrogens is 3. The number of rotatable bonds is 6. The van der Waals surface area contributed by atoms with E-state index >= 15 is 0 Å². The number of aliphatic imine (C=N–C) groups is 1. The van der Waals surface area contributed by atoms with E-state index in [1.165, 1.54) is 5.56 Å². The highest BCUT2D eigenvalue weighted by Crippen LogP contribution is 2.21. The molecular formula is C20H27IN6S. The van der Waals surface area contributed by atoms with Gasteiger partial charge in [0.25, 0.3) is 0 Å². The van der Waals surface area contributed by atoms with Crippen molar-refractivity contribution in [1.82, 2.24) is 25.4 Å². The molecule has 0 atom stereocenters. The molecule has 0 radical (unpaired) electrons. The number of benzene rings is 1. The molecule has 0 unspecified atom stereocenters. The minimum Gasteiger partial charge on any atom is -0.357 e. The van der Waals surface area contributed by atoms with Crippen LogP contribution in [-0.2, 0) is 20.1 Å². The van der Waals surface area contributed by atoms with Gasteiger partial charge in [-0.2, -0.15) is 5.10 Å². The third kappa shape index (κ3) is 5.54. The lowest BCUT2D eigenvalue weighted by atomic mass is 10.2. The standard InChI is InChI=1S/C20H26N6S.HI/c1-5-21-20(22-11-17-14(2)25-26(4)15(17)3)23-12-19-24-18(13-27-19)16-9-7-6-8-10-16;/h6-10,13H,5,11-12H2,1-4H3,(H2,21,22,23);1H. The average molecular weight is 510 g/mol. The number of thiazole rings is 1. The molecule has 2 heterocycles. The molecule has 150 valence electrons. The van der Waals surface area contributed by atoms with Crippen molar-refractivity contribution >= 4 is 41.3 Å². The Morgan fingerprint density at radius 3 is 2.57 bits per heavy atom. The fraction of sp³-hybridized carbons (Fsp3) is 0.350. The smallest absolute Gasteiger partial charge is 0.191 e. The molecule has 28 heavy (non-hydrogen) atoms. The van der Waals surface area contributed by atoms with E-state index in [2.05, 4.69) is 47.1 Å². The fourth-order valence-corrected chi connectivity index (χ4v) is 3.58. The van der Waals surface area contributed by atoms with Crippen LogP contribution in [0, 0.1) is 13.8 Å². The molecule has 1 aromatic carbocycles. The average Bonchev–Trinajstić information content (AvgIpc) is 3.24. The summed E-state index contributed by atoms with van der Waals surface area (Å²) in [7, 11) is 1.96. The van der Waals surface area contributed by atoms with Crippen LogP contribution in [0.3, 0.4) is 0 Å². The lowest BCUT2D eigenvalue weighted by Crippen LogP contribution is -2.36. The molecule has 0 aliphatic rings. The second kappa shape index (κ2) is 10.6. The Bertz CT molecular complexity index is 916. The van der Waals surface area contributed by atoms with Crippen LogP contribution in [0.5, 0.6) is 0 Å². The SMILES string of the molecule is CCNC(=NCc1c(C)nn(C)c1C)NCc1nc(-c2ccccc2)cs1.I. The number of hydrogen-bond acceptors (Lipinski definition) is 4. The van der Waals surface area contributed by atoms with Crippen molar-refractivity contribution < 1.29 is 0 Å². The predicted octanol–water partition coefficient (Wildman–Crippen LogP) is 4.03. The summed E-state index contributed by atoms with van der Waals surface area (Å²) >= 11 is 1.66. The maximum absolute atomic E-state index is 4.72. The molecule has 3 rings (SSSR count). The van der Waals surface area contributed by atoms with Crippen molar-refractivity contribution in [2.24, 2.45) is 12.0 Å². The van der Waals surface area contributed by atoms with E-state index in [4.69, 9.17) is 9.98 Å². The first-order valence-corrected chi connectivity index (χ1v) is 9.97. The van der Waals surface area contributed by atoms with Gasteiger partial charge in [0.1, 0.15) is 5.01 Å². The van der Waals surface area contributed by atoms with E-state index in [1.807, 2.05) is 36.9 Å². The first kappa shape index (κ1) is 22.4. The van der Waals surface area contributed by atoms with Gasteiger partial charge in [0.2, 0.25) is 0 Å². The van der Waals surface area contributed by atoms with Gasteiger partial charge in [-0.05, 0) is 20.8 Å². The number of nitrogens with zero attached hydrogens (tertiary/aromatic N) is 4. The Morgan fingerprint density at radius 1 is 1.18 bits per heavy atom. The van der Waals surface area contributed by atoms with Gasteiger partial charge in [0.05, 0.1) is 24.5 Å². The zero-order chi connectivity index (χ0) is 19.2. The van der Waals surface area contributed by atoms with Crippen LogP contribution in [0.1, 0.15) is 28.9 Å². The zero-order valence-corrected chi connectivity index (χ0v) is 19.8. The molecule has 0 amide bonds. The molecule has 0 aliphatic heterocycles. The van der Waals surface area contributed by atoms with Gasteiger partial charge in [-0.1, -0.05) is 30.3 Å². The Morgan fingerprint density at radius 2 is 1.93 bits per heavy atom. The van der Waals surface area contributed by atoms with Crippen molar-refractivity contribution in [3.8, 4) is 11.3 Å². The van der Waals surface area contributed by atoms with Crippen LogP contribution in [0.2, 0.25) is 0 Å². The summed E-state index contributed by atoms with van der Waals surface area (Å²) in [6, 6.07) is 10.2. The van der Waals surface area contributed by atoms with Crippen LogP contribution in [-0.4, -0.2) is 27.3 Å². The fourth-order valence-electron chi connectivity index (χ4n) is 2.84. The van der Waals surface area contributed by atoms with E-state index < -0.39 is 0 Å². The molecule has 0 saturated carbocycles. The molecule has 2 aromatic heterocycles. The van der Waals surface area contributed by atoms with Gasteiger partial charge in [-0.15, -0.1) is 35.3 Å². The number of nitrogens with one attached hydrogen (secondary N) is 2. The molecule has 8 heteroatoms. The van der Waals surface area contributed by atoms with E-state index in [1.54, 1.807) is 11.3 Å². The van der Waals surface area contributed by atoms with Crippen LogP contribution < -0.4 is 10.6 Å². The maximum Gasteiger partial charge on any atom is 0.191 e. The number of hydrogen-bond donors (Lipinski definition) is 2. The van der Waals surface area contributed by atoms with E-state index in [9.17, 15) is 0 Å². The Hall–Kier alpha value is -1.94. The second-order valence-corrected chi connectivity index (χ2v) is 7.26. The Kier molecular flexibility index (Phi) is 8.43. The Labute approximate surface area is 187 Å². The van der Waals surface area contributed by atoms with Gasteiger partial charge >= 0.3 is 0 Å². The van der Waals surface area contributed by atoms with Gasteiger partial charge < -0.3 is 10.6 Å². The molecule has 0 bridgehead atoms. The molecule has 0 saturated heterocycles. The minimum atomic E-state index is 0. The van der Waals surface area contributed by atoms with Crippen LogP contribution in [0.4, 0.5) is 0 Å². The molecule has 6 nitrogen and oxygen atoms in total. The van der Waals surface area contributed by atoms with Crippen LogP contribution in [0.15, 0.2) is 40.7 Å². The van der Waals surface area contributed by atoms with Crippen LogP contribution >= 0.6 is 35.3 Å². The highest BCUT2D eigenvalue weighted by molar-refractivity contribution is 14.0. The predicted molar refractivity (Wildman–Crippen MR) is 127 cm³/mol. The summed E-state index contributed by atoms with van der Waals surface area (Å²) in [4.78, 5) is 9.44. The first-order valence-electron chi connectivity index (χ1n) is 9.09. The monoisotopic (exact) mass is 510 g/mol. The van der Waals surface area contributed by atoms with Crippen molar-refractivity contribution in [3.05, 3.63) is 57.7 Å². The lowest BCUT2D eigenvalue weighted by molar-refractivity contribution is 0.730. The van der Waals surface area contributed by atoms with Crippen molar-refractivity contribution in [2.75, 3.05) is 6.54 Å². The summed E-state index contributed by atoms with van der Waals surface area (Å²) in [5.41, 5.74) is 5.51. The summed E-state index contributed by atoms with van der Waals surface area (Å²) in [5.74, 6) is 0.789. The van der Waals surface area contributed by atoms with Gasteiger partial charge in [0, 0.05) is 35.8 Å². The molecule has 0 aliphatic carbocycles. The third-order valence-electron chi connectivity index (χ3n) is 4.43. The molecule has 2 N–H and O–H groups in total. The van der Waals surface area contributed by atoms with Gasteiger partial charge in [-0.25, -0.2) is 9.98 Å². The van der Waals surface area contributed by atoms with E-state index in [0.717, 1.165) is 40.2 Å². The lowest BCUT2D eigenvalue weighted by Gasteiger charge is -2.10. The number of aryl methyl sites for hydroxylation is 2. The molecule has 0 fully saturated rings. The topological polar surface area (TPSA) is 67.1 Å². The highest BCUT2D eigenvalue weighted by atomic mass is 127. The van der Waals surface area contributed by atoms with E-state index in [-0.39, 0.29) is 24.0 Å². The third-order valence-corrected chi connectivity index (χ3v) is 5.28. The van der Waals surface area contributed by atoms with Crippen LogP contribution in [0.25, 0.3) is 11.3 Å². The quantitative estimate of drug-likeness (QED) is 0.299. The number of halogens is 1.